The van der Waals surface area contributed by atoms with E-state index in [4.69, 9.17) is 0 Å². The minimum Gasteiger partial charge on any atom is -0.299 e. The van der Waals surface area contributed by atoms with Crippen LogP contribution in [0.5, 0.6) is 0 Å². The topological polar surface area (TPSA) is 17.1 Å². The summed E-state index contributed by atoms with van der Waals surface area (Å²) in [6.45, 7) is 9.15. The summed E-state index contributed by atoms with van der Waals surface area (Å²) < 4.78 is 0. The van der Waals surface area contributed by atoms with Gasteiger partial charge in [0.1, 0.15) is 5.78 Å². The molecule has 0 N–H and O–H groups in total. The average molecular weight is 286 g/mol. The third-order valence-corrected chi connectivity index (χ3v) is 8.33. The normalized spacial score (nSPS) is 53.0. The van der Waals surface area contributed by atoms with Gasteiger partial charge >= 0.3 is 0 Å². The molecule has 4 aliphatic carbocycles. The molecule has 1 nitrogen and oxygen atoms in total. The van der Waals surface area contributed by atoms with Crippen LogP contribution in [0.4, 0.5) is 0 Å². The number of allylic oxidation sites excluding steroid dienone is 1. The molecule has 0 aromatic carbocycles. The summed E-state index contributed by atoms with van der Waals surface area (Å²) in [5.74, 6) is 3.87. The highest BCUT2D eigenvalue weighted by molar-refractivity contribution is 5.87. The van der Waals surface area contributed by atoms with Crippen molar-refractivity contribution in [2.24, 2.45) is 34.5 Å². The molecule has 0 radical (unpaired) electrons. The molecule has 3 unspecified atom stereocenters. The van der Waals surface area contributed by atoms with E-state index in [1.807, 2.05) is 0 Å². The molecule has 116 valence electrons. The largest absolute Gasteiger partial charge is 0.299 e. The lowest BCUT2D eigenvalue weighted by atomic mass is 9.45. The van der Waals surface area contributed by atoms with E-state index in [0.717, 1.165) is 24.2 Å². The Morgan fingerprint density at radius 1 is 1.00 bits per heavy atom. The monoisotopic (exact) mass is 286 g/mol. The second kappa shape index (κ2) is 4.46. The van der Waals surface area contributed by atoms with Gasteiger partial charge in [-0.15, -0.1) is 0 Å². The van der Waals surface area contributed by atoms with Crippen LogP contribution in [0, 0.1) is 34.5 Å². The molecule has 0 bridgehead atoms. The van der Waals surface area contributed by atoms with E-state index in [9.17, 15) is 4.79 Å². The molecule has 0 saturated heterocycles. The first-order chi connectivity index (χ1) is 9.95. The maximum Gasteiger partial charge on any atom is 0.139 e. The van der Waals surface area contributed by atoms with Gasteiger partial charge in [0.25, 0.3) is 0 Å². The number of carbonyl (C=O) groups is 1. The Labute approximate surface area is 129 Å². The molecule has 21 heavy (non-hydrogen) atoms. The average Bonchev–Trinajstić information content (AvgIpc) is 2.76. The van der Waals surface area contributed by atoms with Gasteiger partial charge in [-0.25, -0.2) is 0 Å². The number of carbonyl (C=O) groups excluding carboxylic acids is 1. The van der Waals surface area contributed by atoms with Crippen LogP contribution >= 0.6 is 0 Å². The van der Waals surface area contributed by atoms with E-state index in [1.165, 1.54) is 56.9 Å². The number of fused-ring (bicyclic) bond motifs is 5. The van der Waals surface area contributed by atoms with Crippen molar-refractivity contribution < 1.29 is 4.79 Å². The van der Waals surface area contributed by atoms with E-state index in [0.29, 0.717) is 17.1 Å². The summed E-state index contributed by atoms with van der Waals surface area (Å²) in [6.07, 6.45) is 11.2. The fraction of sp³-hybridized carbons (Fsp3) is 0.850. The summed E-state index contributed by atoms with van der Waals surface area (Å²) >= 11 is 0. The van der Waals surface area contributed by atoms with Gasteiger partial charge in [0.2, 0.25) is 0 Å². The van der Waals surface area contributed by atoms with Crippen LogP contribution in [0.2, 0.25) is 0 Å². The van der Waals surface area contributed by atoms with Gasteiger partial charge in [0.05, 0.1) is 0 Å². The molecule has 0 aromatic rings. The lowest BCUT2D eigenvalue weighted by molar-refractivity contribution is -0.137. The van der Waals surface area contributed by atoms with Crippen LogP contribution in [-0.4, -0.2) is 5.78 Å². The molecule has 6 atom stereocenters. The van der Waals surface area contributed by atoms with Crippen molar-refractivity contribution in [3.05, 3.63) is 12.2 Å². The van der Waals surface area contributed by atoms with Crippen LogP contribution in [0.25, 0.3) is 0 Å². The van der Waals surface area contributed by atoms with Crippen molar-refractivity contribution in [3.63, 3.8) is 0 Å². The van der Waals surface area contributed by atoms with Crippen LogP contribution in [0.1, 0.15) is 71.6 Å². The number of hydrogen-bond acceptors (Lipinski definition) is 1. The molecule has 4 saturated carbocycles. The highest BCUT2D eigenvalue weighted by Crippen LogP contribution is 2.65. The number of hydrogen-bond donors (Lipinski definition) is 0. The van der Waals surface area contributed by atoms with Gasteiger partial charge in [-0.1, -0.05) is 26.0 Å². The van der Waals surface area contributed by atoms with E-state index in [-0.39, 0.29) is 5.41 Å². The summed E-state index contributed by atoms with van der Waals surface area (Å²) in [4.78, 5) is 12.4. The predicted octanol–water partition coefficient (Wildman–Crippen LogP) is 5.15. The zero-order valence-corrected chi connectivity index (χ0v) is 13.8. The molecule has 4 aliphatic rings. The highest BCUT2D eigenvalue weighted by Gasteiger charge is 2.59. The fourth-order valence-electron chi connectivity index (χ4n) is 6.93. The van der Waals surface area contributed by atoms with E-state index < -0.39 is 0 Å². The maximum absolute atomic E-state index is 12.4. The predicted molar refractivity (Wildman–Crippen MR) is 85.9 cm³/mol. The van der Waals surface area contributed by atoms with Crippen molar-refractivity contribution in [2.45, 2.75) is 71.6 Å². The quantitative estimate of drug-likeness (QED) is 0.562. The first-order valence-electron chi connectivity index (χ1n) is 9.15. The molecule has 4 rings (SSSR count). The zero-order valence-electron chi connectivity index (χ0n) is 13.8. The van der Waals surface area contributed by atoms with Crippen molar-refractivity contribution in [3.8, 4) is 0 Å². The number of ketones is 1. The van der Waals surface area contributed by atoms with Crippen molar-refractivity contribution in [1.29, 1.82) is 0 Å². The molecule has 0 amide bonds. The Morgan fingerprint density at radius 3 is 2.62 bits per heavy atom. The Balaban J connectivity index is 1.65. The molecule has 0 heterocycles. The summed E-state index contributed by atoms with van der Waals surface area (Å²) in [5.41, 5.74) is 2.08. The van der Waals surface area contributed by atoms with Gasteiger partial charge < -0.3 is 0 Å². The van der Waals surface area contributed by atoms with Gasteiger partial charge in [-0.05, 0) is 80.5 Å². The molecule has 1 heteroatoms. The Bertz CT molecular complexity index is 492. The third-order valence-electron chi connectivity index (χ3n) is 8.33. The molecular formula is C20H30O. The fourth-order valence-corrected chi connectivity index (χ4v) is 6.93. The minimum atomic E-state index is 0.0443. The van der Waals surface area contributed by atoms with Crippen LogP contribution < -0.4 is 0 Å². The number of Topliss-reactive ketones (excluding diaryl/α,β-unsaturated/α-hetero) is 1. The zero-order chi connectivity index (χ0) is 14.8. The molecular weight excluding hydrogens is 256 g/mol. The second-order valence-electron chi connectivity index (χ2n) is 9.03. The lowest BCUT2D eigenvalue weighted by Crippen LogP contribution is -2.52. The molecule has 0 spiro atoms. The van der Waals surface area contributed by atoms with Crippen LogP contribution in [0.3, 0.4) is 0 Å². The minimum absolute atomic E-state index is 0.0443. The Hall–Kier alpha value is -0.590. The van der Waals surface area contributed by atoms with E-state index >= 15 is 0 Å². The standard InChI is InChI=1S/C20H30O/c1-13-8-10-19(2)14(12-13)4-5-15-16-6-7-18(21)20(16,3)11-9-17(15)19/h14-17H,1,4-12H2,2-3H3/t14-,15?,16?,17?,19-,20-/m0/s1. The first-order valence-corrected chi connectivity index (χ1v) is 9.15. The second-order valence-corrected chi connectivity index (χ2v) is 9.03. The molecule has 4 fully saturated rings. The van der Waals surface area contributed by atoms with Crippen LogP contribution in [-0.2, 0) is 4.79 Å². The first kappa shape index (κ1) is 14.0. The Kier molecular flexibility index (Phi) is 2.98. The maximum atomic E-state index is 12.4. The van der Waals surface area contributed by atoms with Crippen molar-refractivity contribution in [2.75, 3.05) is 0 Å². The highest BCUT2D eigenvalue weighted by atomic mass is 16.1. The van der Waals surface area contributed by atoms with E-state index in [1.54, 1.807) is 0 Å². The third kappa shape index (κ3) is 1.79. The van der Waals surface area contributed by atoms with Gasteiger partial charge in [0.15, 0.2) is 0 Å². The lowest BCUT2D eigenvalue weighted by Gasteiger charge is -2.59. The van der Waals surface area contributed by atoms with Gasteiger partial charge in [0, 0.05) is 11.8 Å². The van der Waals surface area contributed by atoms with Crippen LogP contribution in [0.15, 0.2) is 12.2 Å². The van der Waals surface area contributed by atoms with Crippen molar-refractivity contribution >= 4 is 5.78 Å². The number of rotatable bonds is 0. The van der Waals surface area contributed by atoms with Gasteiger partial charge in [-0.3, -0.25) is 4.79 Å². The SMILES string of the molecule is C=C1CC[C@]2(C)C3CC[C@]4(C)C(=O)CCC4C3CC[C@H]2C1. The van der Waals surface area contributed by atoms with Crippen molar-refractivity contribution in [1.82, 2.24) is 0 Å². The summed E-state index contributed by atoms with van der Waals surface area (Å²) in [5, 5.41) is 0. The van der Waals surface area contributed by atoms with Gasteiger partial charge in [-0.2, -0.15) is 0 Å². The van der Waals surface area contributed by atoms with E-state index in [2.05, 4.69) is 20.4 Å². The summed E-state index contributed by atoms with van der Waals surface area (Å²) in [7, 11) is 0. The Morgan fingerprint density at radius 2 is 1.81 bits per heavy atom. The smallest absolute Gasteiger partial charge is 0.139 e. The summed E-state index contributed by atoms with van der Waals surface area (Å²) in [6, 6.07) is 0. The molecule has 0 aromatic heterocycles. The molecule has 0 aliphatic heterocycles.